The van der Waals surface area contributed by atoms with E-state index in [0.29, 0.717) is 34.5 Å². The predicted octanol–water partition coefficient (Wildman–Crippen LogP) is 19.3. The summed E-state index contributed by atoms with van der Waals surface area (Å²) in [5, 5.41) is 0. The highest BCUT2D eigenvalue weighted by atomic mass is 16.5. The normalized spacial score (nSPS) is 41.3. The molecule has 0 aromatic rings. The first-order chi connectivity index (χ1) is 34.5. The Balaban J connectivity index is 0.652. The van der Waals surface area contributed by atoms with E-state index in [1.807, 2.05) is 0 Å². The first-order valence-electron chi connectivity index (χ1n) is 32.1. The standard InChI is InChI=1S/C68H114O4/c1-47(2)23-21-25-49(5)57-33-35-59-55-31-29-51-45-53(37-41-65(51,7)61(55)39-43-67(57,59)9)71-63(69)27-19-17-15-13-11-12-14-16-18-20-28-64(70)72-54-38-42-66(8)52(46-54)30-32-56-60-36-34-58(50(6)26-22-24-48(3)4)68(60,10)44-40-62(56)66/h13-16,47-62H,11-12,17-46H2,1-10H3/b15-13-,16-14-/t49-,50-,51+,52+,53+,54+,55+,56+,57-,58-,59+,60+,61+,62+,65+,66+,67-,68-/m1/s1. The Hall–Kier alpha value is -1.58. The van der Waals surface area contributed by atoms with Crippen LogP contribution >= 0.6 is 0 Å². The molecule has 8 saturated carbocycles. The summed E-state index contributed by atoms with van der Waals surface area (Å²) in [6.07, 6.45) is 48.5. The van der Waals surface area contributed by atoms with Gasteiger partial charge < -0.3 is 9.47 Å². The third-order valence-corrected chi connectivity index (χ3v) is 24.6. The van der Waals surface area contributed by atoms with Crippen LogP contribution in [0, 0.1) is 105 Å². The highest BCUT2D eigenvalue weighted by Gasteiger charge is 2.62. The van der Waals surface area contributed by atoms with E-state index in [2.05, 4.69) is 93.5 Å². The lowest BCUT2D eigenvalue weighted by Crippen LogP contribution is -2.54. The van der Waals surface area contributed by atoms with Crippen LogP contribution in [0.2, 0.25) is 0 Å². The van der Waals surface area contributed by atoms with E-state index >= 15 is 0 Å². The van der Waals surface area contributed by atoms with Gasteiger partial charge in [0.15, 0.2) is 0 Å². The Kier molecular flexibility index (Phi) is 19.5. The van der Waals surface area contributed by atoms with Crippen LogP contribution in [-0.4, -0.2) is 24.1 Å². The molecule has 8 fully saturated rings. The zero-order valence-electron chi connectivity index (χ0n) is 48.8. The number of hydrogen-bond donors (Lipinski definition) is 0. The Morgan fingerprint density at radius 1 is 0.431 bits per heavy atom. The van der Waals surface area contributed by atoms with Crippen LogP contribution < -0.4 is 0 Å². The van der Waals surface area contributed by atoms with Gasteiger partial charge in [0.25, 0.3) is 0 Å². The maximum Gasteiger partial charge on any atom is 0.306 e. The lowest BCUT2D eigenvalue weighted by molar-refractivity contribution is -0.163. The van der Waals surface area contributed by atoms with Crippen molar-refractivity contribution in [1.82, 2.24) is 0 Å². The second-order valence-electron chi connectivity index (χ2n) is 29.5. The summed E-state index contributed by atoms with van der Waals surface area (Å²) in [4.78, 5) is 26.1. The molecule has 0 spiro atoms. The molecule has 410 valence electrons. The molecule has 0 unspecified atom stereocenters. The highest BCUT2D eigenvalue weighted by molar-refractivity contribution is 5.70. The number of rotatable bonds is 23. The number of unbranched alkanes of at least 4 members (excludes halogenated alkanes) is 3. The van der Waals surface area contributed by atoms with E-state index in [4.69, 9.17) is 9.47 Å². The van der Waals surface area contributed by atoms with Gasteiger partial charge in [-0.05, 0) is 259 Å². The Labute approximate surface area is 444 Å². The zero-order valence-corrected chi connectivity index (χ0v) is 48.8. The number of carbonyl (C=O) groups excluding carboxylic acids is 2. The van der Waals surface area contributed by atoms with Crippen molar-refractivity contribution in [1.29, 1.82) is 0 Å². The lowest BCUT2D eigenvalue weighted by atomic mass is 9.44. The third kappa shape index (κ3) is 12.5. The average molecular weight is 996 g/mol. The van der Waals surface area contributed by atoms with E-state index < -0.39 is 0 Å². The van der Waals surface area contributed by atoms with Crippen LogP contribution in [0.25, 0.3) is 0 Å². The van der Waals surface area contributed by atoms with Gasteiger partial charge >= 0.3 is 11.9 Å². The van der Waals surface area contributed by atoms with Gasteiger partial charge in [-0.2, -0.15) is 0 Å². The van der Waals surface area contributed by atoms with Gasteiger partial charge in [0.05, 0.1) is 0 Å². The van der Waals surface area contributed by atoms with Crippen molar-refractivity contribution in [3.63, 3.8) is 0 Å². The van der Waals surface area contributed by atoms with Crippen LogP contribution in [0.3, 0.4) is 0 Å². The van der Waals surface area contributed by atoms with Crippen LogP contribution in [0.5, 0.6) is 0 Å². The maximum absolute atomic E-state index is 13.0. The molecule has 72 heavy (non-hydrogen) atoms. The smallest absolute Gasteiger partial charge is 0.306 e. The van der Waals surface area contributed by atoms with Gasteiger partial charge in [-0.25, -0.2) is 0 Å². The molecule has 4 nitrogen and oxygen atoms in total. The molecule has 0 heterocycles. The van der Waals surface area contributed by atoms with Crippen LogP contribution in [0.1, 0.15) is 275 Å². The monoisotopic (exact) mass is 995 g/mol. The quantitative estimate of drug-likeness (QED) is 0.0581. The minimum absolute atomic E-state index is 0.0238. The zero-order chi connectivity index (χ0) is 51.3. The molecule has 8 aliphatic carbocycles. The van der Waals surface area contributed by atoms with Crippen molar-refractivity contribution in [3.05, 3.63) is 24.3 Å². The number of carbonyl (C=O) groups is 2. The number of hydrogen-bond acceptors (Lipinski definition) is 4. The Morgan fingerprint density at radius 3 is 1.21 bits per heavy atom. The Morgan fingerprint density at radius 2 is 0.806 bits per heavy atom. The van der Waals surface area contributed by atoms with Gasteiger partial charge in [0, 0.05) is 12.8 Å². The summed E-state index contributed by atoms with van der Waals surface area (Å²) in [5.74, 6) is 12.2. The van der Waals surface area contributed by atoms with Crippen molar-refractivity contribution in [2.75, 3.05) is 0 Å². The molecule has 8 rings (SSSR count). The van der Waals surface area contributed by atoms with Crippen molar-refractivity contribution in [3.8, 4) is 0 Å². The van der Waals surface area contributed by atoms with Crippen molar-refractivity contribution >= 4 is 11.9 Å². The molecule has 0 aromatic heterocycles. The summed E-state index contributed by atoms with van der Waals surface area (Å²) < 4.78 is 12.4. The van der Waals surface area contributed by atoms with Crippen molar-refractivity contribution < 1.29 is 19.1 Å². The second kappa shape index (κ2) is 24.8. The fraction of sp³-hybridized carbons (Fsp3) is 0.912. The van der Waals surface area contributed by atoms with Crippen molar-refractivity contribution in [2.24, 2.45) is 105 Å². The molecule has 0 amide bonds. The second-order valence-corrected chi connectivity index (χ2v) is 29.5. The third-order valence-electron chi connectivity index (χ3n) is 24.6. The van der Waals surface area contributed by atoms with E-state index in [1.165, 1.54) is 128 Å². The topological polar surface area (TPSA) is 52.6 Å². The molecule has 0 saturated heterocycles. The SMILES string of the molecule is CC(C)CCC[C@@H](C)[C@H]1CC[C@H]2[C@@H]3CC[C@H]4C[C@@H](OC(=O)CCC/C=C\CC/C=C\CCCC(=O)O[C@H]5CC[C@@]6(C)[C@@H](CC[C@@H]7[C@@H]6CC[C@]6(C)[C@@H]([C@H](C)CCCC(C)C)CC[C@@H]76)C5)CC[C@]4(C)[C@H]3CC[C@]12C. The first-order valence-corrected chi connectivity index (χ1v) is 32.1. The molecule has 18 atom stereocenters. The molecule has 0 N–H and O–H groups in total. The molecular formula is C68H114O4. The van der Waals surface area contributed by atoms with Crippen LogP contribution in [-0.2, 0) is 19.1 Å². The number of fused-ring (bicyclic) bond motifs is 10. The average Bonchev–Trinajstić information content (AvgIpc) is 3.89. The molecular weight excluding hydrogens is 881 g/mol. The highest BCUT2D eigenvalue weighted by Crippen LogP contribution is 2.70. The number of allylic oxidation sites excluding steroid dienone is 4. The molecule has 0 aromatic carbocycles. The van der Waals surface area contributed by atoms with Gasteiger partial charge in [-0.3, -0.25) is 9.59 Å². The summed E-state index contributed by atoms with van der Waals surface area (Å²) in [5.41, 5.74) is 1.98. The van der Waals surface area contributed by atoms with Crippen LogP contribution in [0.15, 0.2) is 24.3 Å². The number of esters is 2. The first kappa shape index (κ1) is 56.6. The summed E-state index contributed by atoms with van der Waals surface area (Å²) >= 11 is 0. The predicted molar refractivity (Wildman–Crippen MR) is 301 cm³/mol. The van der Waals surface area contributed by atoms with Gasteiger partial charge in [-0.1, -0.05) is 132 Å². The molecule has 0 bridgehead atoms. The number of ether oxygens (including phenoxy) is 2. The molecule has 0 radical (unpaired) electrons. The summed E-state index contributed by atoms with van der Waals surface area (Å²) in [6, 6.07) is 0. The Bertz CT molecular complexity index is 1670. The maximum atomic E-state index is 13.0. The van der Waals surface area contributed by atoms with Gasteiger partial charge in [0.1, 0.15) is 12.2 Å². The van der Waals surface area contributed by atoms with E-state index in [9.17, 15) is 9.59 Å². The van der Waals surface area contributed by atoms with Gasteiger partial charge in [-0.15, -0.1) is 0 Å². The summed E-state index contributed by atoms with van der Waals surface area (Å²) in [7, 11) is 0. The minimum atomic E-state index is 0.0238. The molecule has 8 aliphatic rings. The van der Waals surface area contributed by atoms with Crippen LogP contribution in [0.4, 0.5) is 0 Å². The molecule has 0 aliphatic heterocycles. The van der Waals surface area contributed by atoms with E-state index in [-0.39, 0.29) is 24.1 Å². The van der Waals surface area contributed by atoms with E-state index in [0.717, 1.165) is 147 Å². The fourth-order valence-corrected chi connectivity index (χ4v) is 20.6. The van der Waals surface area contributed by atoms with Gasteiger partial charge in [0.2, 0.25) is 0 Å². The fourth-order valence-electron chi connectivity index (χ4n) is 20.6. The summed E-state index contributed by atoms with van der Waals surface area (Å²) in [6.45, 7) is 25.5. The molecule has 4 heteroatoms. The minimum Gasteiger partial charge on any atom is -0.462 e. The lowest BCUT2D eigenvalue weighted by Gasteiger charge is -2.61. The van der Waals surface area contributed by atoms with E-state index in [1.54, 1.807) is 0 Å². The van der Waals surface area contributed by atoms with Crippen molar-refractivity contribution in [2.45, 2.75) is 287 Å². The largest absolute Gasteiger partial charge is 0.462 e.